The van der Waals surface area contributed by atoms with E-state index in [1.54, 1.807) is 18.2 Å². The average molecular weight is 471 g/mol. The van der Waals surface area contributed by atoms with Crippen LogP contribution in [-0.2, 0) is 10.0 Å². The van der Waals surface area contributed by atoms with Crippen molar-refractivity contribution in [2.24, 2.45) is 0 Å². The van der Waals surface area contributed by atoms with Crippen molar-refractivity contribution in [3.05, 3.63) is 60.4 Å². The van der Waals surface area contributed by atoms with Crippen molar-refractivity contribution in [1.82, 2.24) is 4.98 Å². The van der Waals surface area contributed by atoms with Gasteiger partial charge >= 0.3 is 0 Å². The lowest BCUT2D eigenvalue weighted by atomic mass is 10.2. The molecule has 0 unspecified atom stereocenters. The summed E-state index contributed by atoms with van der Waals surface area (Å²) < 4.78 is 49.4. The van der Waals surface area contributed by atoms with E-state index in [0.29, 0.717) is 41.9 Å². The second kappa shape index (κ2) is 9.25. The molecule has 1 aliphatic rings. The number of anilines is 2. The highest BCUT2D eigenvalue weighted by Gasteiger charge is 2.20. The van der Waals surface area contributed by atoms with Gasteiger partial charge in [0, 0.05) is 24.0 Å². The number of carbonyl (C=O) groups is 1. The number of nitrogens with one attached hydrogen (secondary N) is 2. The van der Waals surface area contributed by atoms with Crippen molar-refractivity contribution in [2.75, 3.05) is 37.5 Å². The van der Waals surface area contributed by atoms with Crippen molar-refractivity contribution in [3.63, 3.8) is 0 Å². The minimum atomic E-state index is -3.95. The topological polar surface area (TPSA) is 125 Å². The maximum Gasteiger partial charge on any atom is 0.262 e. The number of amides is 1. The molecule has 0 atom stereocenters. The third-order valence-corrected chi connectivity index (χ3v) is 6.10. The molecule has 2 N–H and O–H groups in total. The summed E-state index contributed by atoms with van der Waals surface area (Å²) in [5.41, 5.74) is 0.761. The van der Waals surface area contributed by atoms with Gasteiger partial charge in [-0.3, -0.25) is 14.5 Å². The van der Waals surface area contributed by atoms with Gasteiger partial charge in [0.1, 0.15) is 13.2 Å². The summed E-state index contributed by atoms with van der Waals surface area (Å²) >= 11 is 0. The van der Waals surface area contributed by atoms with E-state index >= 15 is 0 Å². The quantitative estimate of drug-likeness (QED) is 0.539. The van der Waals surface area contributed by atoms with Gasteiger partial charge in [0.2, 0.25) is 0 Å². The minimum Gasteiger partial charge on any atom is -0.493 e. The number of ether oxygens (including phenoxy) is 4. The SMILES string of the molecule is COc1ccc(NC(=O)c2cncc(NS(=O)(=O)c3ccc4c(c3)OCCO4)c2)cc1OC. The molecule has 0 bridgehead atoms. The van der Waals surface area contributed by atoms with Crippen LogP contribution in [0, 0.1) is 0 Å². The molecule has 33 heavy (non-hydrogen) atoms. The summed E-state index contributed by atoms with van der Waals surface area (Å²) in [6.45, 7) is 0.742. The molecular formula is C22H21N3O7S. The fourth-order valence-electron chi connectivity index (χ4n) is 3.14. The molecule has 2 heterocycles. The van der Waals surface area contributed by atoms with Crippen LogP contribution in [0.1, 0.15) is 10.4 Å². The molecule has 0 fully saturated rings. The summed E-state index contributed by atoms with van der Waals surface area (Å²) in [7, 11) is -0.949. The lowest BCUT2D eigenvalue weighted by molar-refractivity contribution is 0.102. The number of nitrogens with zero attached hydrogens (tertiary/aromatic N) is 1. The number of aromatic nitrogens is 1. The van der Waals surface area contributed by atoms with Crippen molar-refractivity contribution < 1.29 is 32.2 Å². The highest BCUT2D eigenvalue weighted by atomic mass is 32.2. The molecule has 0 saturated carbocycles. The van der Waals surface area contributed by atoms with Gasteiger partial charge in [0.15, 0.2) is 23.0 Å². The Labute approximate surface area is 190 Å². The predicted molar refractivity (Wildman–Crippen MR) is 120 cm³/mol. The first-order chi connectivity index (χ1) is 15.9. The molecule has 1 aromatic heterocycles. The minimum absolute atomic E-state index is 0.00747. The summed E-state index contributed by atoms with van der Waals surface area (Å²) in [4.78, 5) is 16.7. The summed E-state index contributed by atoms with van der Waals surface area (Å²) in [6, 6.07) is 10.6. The van der Waals surface area contributed by atoms with Crippen LogP contribution in [0.25, 0.3) is 0 Å². The van der Waals surface area contributed by atoms with Crippen LogP contribution in [0.3, 0.4) is 0 Å². The average Bonchev–Trinajstić information content (AvgIpc) is 2.83. The molecule has 0 aliphatic carbocycles. The molecule has 2 aromatic carbocycles. The lowest BCUT2D eigenvalue weighted by Gasteiger charge is -2.19. The number of carbonyl (C=O) groups excluding carboxylic acids is 1. The fourth-order valence-corrected chi connectivity index (χ4v) is 4.19. The Bertz CT molecular complexity index is 1290. The van der Waals surface area contributed by atoms with Gasteiger partial charge in [-0.15, -0.1) is 0 Å². The van der Waals surface area contributed by atoms with Crippen molar-refractivity contribution >= 4 is 27.3 Å². The zero-order chi connectivity index (χ0) is 23.4. The third kappa shape index (κ3) is 4.93. The number of rotatable bonds is 7. The first kappa shape index (κ1) is 22.2. The van der Waals surface area contributed by atoms with Crippen molar-refractivity contribution in [3.8, 4) is 23.0 Å². The monoisotopic (exact) mass is 471 g/mol. The molecule has 0 saturated heterocycles. The van der Waals surface area contributed by atoms with Crippen LogP contribution in [0.15, 0.2) is 59.8 Å². The van der Waals surface area contributed by atoms with Gasteiger partial charge in [-0.25, -0.2) is 8.42 Å². The molecule has 172 valence electrons. The Morgan fingerprint density at radius 1 is 0.909 bits per heavy atom. The van der Waals surface area contributed by atoms with Gasteiger partial charge in [-0.2, -0.15) is 0 Å². The number of hydrogen-bond acceptors (Lipinski definition) is 8. The first-order valence-electron chi connectivity index (χ1n) is 9.80. The molecule has 0 spiro atoms. The number of hydrogen-bond donors (Lipinski definition) is 2. The van der Waals surface area contributed by atoms with Gasteiger partial charge < -0.3 is 24.3 Å². The summed E-state index contributed by atoms with van der Waals surface area (Å²) in [6.07, 6.45) is 2.64. The highest BCUT2D eigenvalue weighted by Crippen LogP contribution is 2.33. The number of pyridine rings is 1. The zero-order valence-electron chi connectivity index (χ0n) is 17.8. The van der Waals surface area contributed by atoms with E-state index in [0.717, 1.165) is 0 Å². The second-order valence-corrected chi connectivity index (χ2v) is 8.58. The molecule has 1 aliphatic heterocycles. The van der Waals surface area contributed by atoms with Gasteiger partial charge in [0.25, 0.3) is 15.9 Å². The Hall–Kier alpha value is -3.99. The number of sulfonamides is 1. The van der Waals surface area contributed by atoms with E-state index in [9.17, 15) is 13.2 Å². The van der Waals surface area contributed by atoms with Crippen LogP contribution in [0.5, 0.6) is 23.0 Å². The van der Waals surface area contributed by atoms with Crippen molar-refractivity contribution in [2.45, 2.75) is 4.90 Å². The van der Waals surface area contributed by atoms with Crippen molar-refractivity contribution in [1.29, 1.82) is 0 Å². The predicted octanol–water partition coefficient (Wildman–Crippen LogP) is 2.92. The standard InChI is InChI=1S/C22H21N3O7S/c1-29-18-5-3-15(10-20(18)30-2)24-22(26)14-9-16(13-23-12-14)25-33(27,28)17-4-6-19-21(11-17)32-8-7-31-19/h3-6,9-13,25H,7-8H2,1-2H3,(H,24,26). The number of benzene rings is 2. The Balaban J connectivity index is 1.51. The smallest absolute Gasteiger partial charge is 0.262 e. The molecule has 11 heteroatoms. The summed E-state index contributed by atoms with van der Waals surface area (Å²) in [5.74, 6) is 1.33. The second-order valence-electron chi connectivity index (χ2n) is 6.90. The van der Waals surface area contributed by atoms with E-state index < -0.39 is 15.9 Å². The zero-order valence-corrected chi connectivity index (χ0v) is 18.6. The normalized spacial score (nSPS) is 12.5. The largest absolute Gasteiger partial charge is 0.493 e. The fraction of sp³-hybridized carbons (Fsp3) is 0.182. The molecule has 10 nitrogen and oxygen atoms in total. The van der Waals surface area contributed by atoms with E-state index in [-0.39, 0.29) is 16.1 Å². The number of fused-ring (bicyclic) bond motifs is 1. The van der Waals surface area contributed by atoms with E-state index in [1.165, 1.54) is 50.9 Å². The maximum absolute atomic E-state index is 12.8. The van der Waals surface area contributed by atoms with Gasteiger partial charge in [-0.1, -0.05) is 0 Å². The van der Waals surface area contributed by atoms with Crippen LogP contribution < -0.4 is 29.0 Å². The van der Waals surface area contributed by atoms with Crippen LogP contribution in [0.2, 0.25) is 0 Å². The van der Waals surface area contributed by atoms with E-state index in [1.807, 2.05) is 0 Å². The molecule has 0 radical (unpaired) electrons. The Kier molecular flexibility index (Phi) is 6.22. The molecular weight excluding hydrogens is 450 g/mol. The highest BCUT2D eigenvalue weighted by molar-refractivity contribution is 7.92. The maximum atomic E-state index is 12.8. The van der Waals surface area contributed by atoms with Crippen LogP contribution in [0.4, 0.5) is 11.4 Å². The molecule has 4 rings (SSSR count). The summed E-state index contributed by atoms with van der Waals surface area (Å²) in [5, 5.41) is 2.72. The molecule has 3 aromatic rings. The van der Waals surface area contributed by atoms with E-state index in [4.69, 9.17) is 18.9 Å². The van der Waals surface area contributed by atoms with E-state index in [2.05, 4.69) is 15.0 Å². The number of methoxy groups -OCH3 is 2. The Morgan fingerprint density at radius 3 is 2.42 bits per heavy atom. The lowest BCUT2D eigenvalue weighted by Crippen LogP contribution is -2.18. The first-order valence-corrected chi connectivity index (χ1v) is 11.3. The molecule has 1 amide bonds. The van der Waals surface area contributed by atoms with Gasteiger partial charge in [0.05, 0.1) is 36.6 Å². The third-order valence-electron chi connectivity index (χ3n) is 4.72. The van der Waals surface area contributed by atoms with Crippen LogP contribution >= 0.6 is 0 Å². The Morgan fingerprint density at radius 2 is 1.67 bits per heavy atom. The van der Waals surface area contributed by atoms with Gasteiger partial charge in [-0.05, 0) is 30.3 Å². The van der Waals surface area contributed by atoms with Crippen LogP contribution in [-0.4, -0.2) is 46.7 Å².